The molecule has 128 valence electrons. The van der Waals surface area contributed by atoms with E-state index in [2.05, 4.69) is 5.32 Å². The second-order valence-electron chi connectivity index (χ2n) is 4.68. The molecule has 2 rings (SSSR count). The maximum absolute atomic E-state index is 12.9. The van der Waals surface area contributed by atoms with Crippen LogP contribution in [-0.2, 0) is 10.7 Å². The van der Waals surface area contributed by atoms with Gasteiger partial charge in [0.25, 0.3) is 0 Å². The Balaban J connectivity index is 2.24. The molecule has 0 aromatic heterocycles. The smallest absolute Gasteiger partial charge is 0.321 e. The first kappa shape index (κ1) is 18.0. The van der Waals surface area contributed by atoms with E-state index in [0.717, 1.165) is 18.2 Å². The van der Waals surface area contributed by atoms with E-state index in [4.69, 9.17) is 0 Å². The number of halogens is 3. The normalized spacial score (nSPS) is 11.9. The molecule has 0 aliphatic heterocycles. The number of nitrogens with one attached hydrogen (secondary N) is 2. The molecule has 2 aromatic rings. The third-order valence-corrected chi connectivity index (χ3v) is 3.96. The van der Waals surface area contributed by atoms with Gasteiger partial charge < -0.3 is 20.4 Å². The van der Waals surface area contributed by atoms with Crippen LogP contribution >= 0.6 is 7.60 Å². The summed E-state index contributed by atoms with van der Waals surface area (Å²) in [7, 11) is -4.65. The Kier molecular flexibility index (Phi) is 4.98. The number of anilines is 2. The number of rotatable bonds is 3. The Morgan fingerprint density at radius 3 is 2.00 bits per heavy atom. The Hall–Kier alpha value is -2.35. The van der Waals surface area contributed by atoms with Gasteiger partial charge in [0.1, 0.15) is 0 Å². The Labute approximate surface area is 134 Å². The molecule has 10 heteroatoms. The van der Waals surface area contributed by atoms with Crippen LogP contribution in [-0.4, -0.2) is 15.8 Å². The number of carbonyl (C=O) groups is 1. The highest BCUT2D eigenvalue weighted by molar-refractivity contribution is 7.60. The van der Waals surface area contributed by atoms with Crippen molar-refractivity contribution in [2.75, 3.05) is 10.6 Å². The van der Waals surface area contributed by atoms with E-state index < -0.39 is 36.4 Å². The molecule has 0 bridgehead atoms. The van der Waals surface area contributed by atoms with Crippen LogP contribution in [0.4, 0.5) is 29.3 Å². The van der Waals surface area contributed by atoms with Crippen molar-refractivity contribution in [1.29, 1.82) is 0 Å². The summed E-state index contributed by atoms with van der Waals surface area (Å²) in [5, 5.41) is 3.72. The SMILES string of the molecule is O=C(Nc1ccccc1C(F)(F)F)Nc1ccccc1P(=O)(O)O. The molecule has 0 unspecified atom stereocenters. The Morgan fingerprint density at radius 2 is 1.42 bits per heavy atom. The molecule has 0 radical (unpaired) electrons. The lowest BCUT2D eigenvalue weighted by atomic mass is 10.1. The van der Waals surface area contributed by atoms with Crippen molar-refractivity contribution in [3.8, 4) is 0 Å². The number of benzene rings is 2. The van der Waals surface area contributed by atoms with Crippen LogP contribution in [0.2, 0.25) is 0 Å². The molecule has 0 fully saturated rings. The van der Waals surface area contributed by atoms with Gasteiger partial charge in [0.15, 0.2) is 0 Å². The number of para-hydroxylation sites is 2. The van der Waals surface area contributed by atoms with E-state index in [1.807, 2.05) is 5.32 Å². The molecule has 0 aliphatic rings. The summed E-state index contributed by atoms with van der Waals surface area (Å²) in [5.41, 5.74) is -1.72. The van der Waals surface area contributed by atoms with Crippen molar-refractivity contribution in [2.24, 2.45) is 0 Å². The van der Waals surface area contributed by atoms with Crippen molar-refractivity contribution >= 4 is 30.3 Å². The van der Waals surface area contributed by atoms with E-state index in [1.54, 1.807) is 0 Å². The molecular weight excluding hydrogens is 348 g/mol. The van der Waals surface area contributed by atoms with Gasteiger partial charge in [0, 0.05) is 0 Å². The highest BCUT2D eigenvalue weighted by atomic mass is 31.2. The standard InChI is InChI=1S/C14H12F3N2O4P/c15-14(16,17)9-5-1-2-6-10(9)18-13(20)19-11-7-3-4-8-12(11)24(21,22)23/h1-8H,(H2,18,19,20)(H2,21,22,23). The summed E-state index contributed by atoms with van der Waals surface area (Å²) < 4.78 is 50.0. The van der Waals surface area contributed by atoms with Crippen molar-refractivity contribution in [3.05, 3.63) is 54.1 Å². The second kappa shape index (κ2) is 6.64. The van der Waals surface area contributed by atoms with Gasteiger partial charge in [-0.1, -0.05) is 24.3 Å². The minimum absolute atomic E-state index is 0.201. The molecule has 0 atom stereocenters. The third kappa shape index (κ3) is 4.35. The number of urea groups is 1. The summed E-state index contributed by atoms with van der Waals surface area (Å²) in [5.74, 6) is 0. The first-order chi connectivity index (χ1) is 11.1. The van der Waals surface area contributed by atoms with Gasteiger partial charge in [-0.05, 0) is 24.3 Å². The van der Waals surface area contributed by atoms with Gasteiger partial charge in [0.2, 0.25) is 0 Å². The first-order valence-corrected chi connectivity index (χ1v) is 8.09. The predicted octanol–water partition coefficient (Wildman–Crippen LogP) is 3.15. The van der Waals surface area contributed by atoms with Gasteiger partial charge >= 0.3 is 19.8 Å². The molecule has 6 nitrogen and oxygen atoms in total. The zero-order valence-electron chi connectivity index (χ0n) is 11.9. The number of carbonyl (C=O) groups excluding carboxylic acids is 1. The second-order valence-corrected chi connectivity index (χ2v) is 6.25. The molecule has 0 saturated heterocycles. The fraction of sp³-hybridized carbons (Fsp3) is 0.0714. The van der Waals surface area contributed by atoms with E-state index in [9.17, 15) is 32.3 Å². The lowest BCUT2D eigenvalue weighted by Gasteiger charge is -2.15. The molecule has 0 aliphatic carbocycles. The Bertz CT molecular complexity index is 805. The van der Waals surface area contributed by atoms with Crippen LogP contribution < -0.4 is 15.9 Å². The van der Waals surface area contributed by atoms with Crippen molar-refractivity contribution in [3.63, 3.8) is 0 Å². The molecule has 24 heavy (non-hydrogen) atoms. The van der Waals surface area contributed by atoms with Crippen LogP contribution in [0.5, 0.6) is 0 Å². The summed E-state index contributed by atoms with van der Waals surface area (Å²) in [6.07, 6.45) is -4.66. The number of alkyl halides is 3. The summed E-state index contributed by atoms with van der Waals surface area (Å²) >= 11 is 0. The van der Waals surface area contributed by atoms with Crippen LogP contribution in [0.1, 0.15) is 5.56 Å². The monoisotopic (exact) mass is 360 g/mol. The van der Waals surface area contributed by atoms with Crippen LogP contribution in [0, 0.1) is 0 Å². The van der Waals surface area contributed by atoms with Crippen LogP contribution in [0.15, 0.2) is 48.5 Å². The predicted molar refractivity (Wildman–Crippen MR) is 82.2 cm³/mol. The quantitative estimate of drug-likeness (QED) is 0.632. The van der Waals surface area contributed by atoms with Crippen LogP contribution in [0.3, 0.4) is 0 Å². The molecule has 0 saturated carbocycles. The lowest BCUT2D eigenvalue weighted by molar-refractivity contribution is -0.136. The zero-order chi connectivity index (χ0) is 18.0. The Morgan fingerprint density at radius 1 is 0.917 bits per heavy atom. The minimum atomic E-state index is -4.66. The molecule has 4 N–H and O–H groups in total. The highest BCUT2D eigenvalue weighted by Gasteiger charge is 2.33. The van der Waals surface area contributed by atoms with Gasteiger partial charge in [-0.15, -0.1) is 0 Å². The fourth-order valence-electron chi connectivity index (χ4n) is 1.95. The van der Waals surface area contributed by atoms with E-state index >= 15 is 0 Å². The van der Waals surface area contributed by atoms with Crippen molar-refractivity contribution in [2.45, 2.75) is 6.18 Å². The minimum Gasteiger partial charge on any atom is -0.321 e. The van der Waals surface area contributed by atoms with Crippen molar-refractivity contribution < 1.29 is 32.3 Å². The van der Waals surface area contributed by atoms with E-state index in [1.165, 1.54) is 30.3 Å². The van der Waals surface area contributed by atoms with Gasteiger partial charge in [-0.25, -0.2) is 4.79 Å². The third-order valence-electron chi connectivity index (χ3n) is 2.95. The van der Waals surface area contributed by atoms with Gasteiger partial charge in [-0.3, -0.25) is 4.57 Å². The van der Waals surface area contributed by atoms with Crippen LogP contribution in [0.25, 0.3) is 0 Å². The average molecular weight is 360 g/mol. The van der Waals surface area contributed by atoms with Crippen molar-refractivity contribution in [1.82, 2.24) is 0 Å². The summed E-state index contributed by atoms with van der Waals surface area (Å²) in [6.45, 7) is 0. The fourth-order valence-corrected chi connectivity index (χ4v) is 2.67. The largest absolute Gasteiger partial charge is 0.418 e. The molecule has 2 amide bonds. The van der Waals surface area contributed by atoms with E-state index in [-0.39, 0.29) is 5.69 Å². The maximum Gasteiger partial charge on any atom is 0.418 e. The van der Waals surface area contributed by atoms with Gasteiger partial charge in [-0.2, -0.15) is 13.2 Å². The zero-order valence-corrected chi connectivity index (χ0v) is 12.8. The number of amides is 2. The summed E-state index contributed by atoms with van der Waals surface area (Å²) in [6, 6.07) is 8.41. The molecule has 0 heterocycles. The highest BCUT2D eigenvalue weighted by Crippen LogP contribution is 2.37. The topological polar surface area (TPSA) is 98.7 Å². The van der Waals surface area contributed by atoms with E-state index in [0.29, 0.717) is 0 Å². The molecular formula is C14H12F3N2O4P. The maximum atomic E-state index is 12.9. The summed E-state index contributed by atoms with van der Waals surface area (Å²) in [4.78, 5) is 30.3. The number of hydrogen-bond donors (Lipinski definition) is 4. The molecule has 0 spiro atoms. The van der Waals surface area contributed by atoms with Gasteiger partial charge in [0.05, 0.1) is 22.2 Å². The lowest BCUT2D eigenvalue weighted by Crippen LogP contribution is -2.24. The molecule has 2 aromatic carbocycles. The first-order valence-electron chi connectivity index (χ1n) is 6.48. The number of hydrogen-bond acceptors (Lipinski definition) is 2. The average Bonchev–Trinajstić information content (AvgIpc) is 2.46.